The number of aryl methyl sites for hydroxylation is 1. The van der Waals surface area contributed by atoms with Crippen LogP contribution in [0.4, 0.5) is 5.69 Å². The SMILES string of the molecule is Cc1cccc(NC(=O)c2c[nH]c(=O)n2Cc2ccccc2)c1. The second-order valence-corrected chi connectivity index (χ2v) is 5.37. The first kappa shape index (κ1) is 14.8. The zero-order chi connectivity index (χ0) is 16.2. The van der Waals surface area contributed by atoms with Crippen molar-refractivity contribution in [2.45, 2.75) is 13.5 Å². The van der Waals surface area contributed by atoms with E-state index in [-0.39, 0.29) is 11.6 Å². The Hall–Kier alpha value is -3.08. The zero-order valence-corrected chi connectivity index (χ0v) is 12.7. The average Bonchev–Trinajstić information content (AvgIpc) is 2.89. The number of anilines is 1. The molecule has 0 unspecified atom stereocenters. The molecule has 0 aliphatic rings. The molecule has 0 saturated heterocycles. The van der Waals surface area contributed by atoms with E-state index in [0.29, 0.717) is 17.9 Å². The fraction of sp³-hybridized carbons (Fsp3) is 0.111. The van der Waals surface area contributed by atoms with E-state index in [0.717, 1.165) is 11.1 Å². The molecule has 23 heavy (non-hydrogen) atoms. The molecule has 0 aliphatic heterocycles. The van der Waals surface area contributed by atoms with Crippen LogP contribution in [-0.2, 0) is 6.54 Å². The molecule has 5 heteroatoms. The van der Waals surface area contributed by atoms with Crippen molar-refractivity contribution in [2.75, 3.05) is 5.32 Å². The minimum absolute atomic E-state index is 0.303. The van der Waals surface area contributed by atoms with E-state index in [9.17, 15) is 9.59 Å². The highest BCUT2D eigenvalue weighted by atomic mass is 16.2. The van der Waals surface area contributed by atoms with E-state index in [1.165, 1.54) is 10.8 Å². The van der Waals surface area contributed by atoms with Gasteiger partial charge in [-0.05, 0) is 30.2 Å². The Bertz CT molecular complexity index is 879. The maximum absolute atomic E-state index is 12.5. The highest BCUT2D eigenvalue weighted by molar-refractivity contribution is 6.03. The van der Waals surface area contributed by atoms with Crippen molar-refractivity contribution in [3.63, 3.8) is 0 Å². The summed E-state index contributed by atoms with van der Waals surface area (Å²) in [6.07, 6.45) is 1.44. The van der Waals surface area contributed by atoms with Crippen LogP contribution in [0.15, 0.2) is 65.6 Å². The van der Waals surface area contributed by atoms with Crippen molar-refractivity contribution in [2.24, 2.45) is 0 Å². The third-order valence-electron chi connectivity index (χ3n) is 3.56. The summed E-state index contributed by atoms with van der Waals surface area (Å²) >= 11 is 0. The van der Waals surface area contributed by atoms with Gasteiger partial charge in [0.05, 0.1) is 6.54 Å². The molecule has 3 aromatic rings. The number of carbonyl (C=O) groups excluding carboxylic acids is 1. The number of carbonyl (C=O) groups is 1. The van der Waals surface area contributed by atoms with Crippen molar-refractivity contribution in [3.05, 3.63) is 88.1 Å². The summed E-state index contributed by atoms with van der Waals surface area (Å²) in [4.78, 5) is 27.0. The number of amides is 1. The lowest BCUT2D eigenvalue weighted by Crippen LogP contribution is -2.24. The second-order valence-electron chi connectivity index (χ2n) is 5.37. The molecule has 0 radical (unpaired) electrons. The van der Waals surface area contributed by atoms with Crippen molar-refractivity contribution < 1.29 is 4.79 Å². The third kappa shape index (κ3) is 3.40. The van der Waals surface area contributed by atoms with Crippen LogP contribution in [-0.4, -0.2) is 15.5 Å². The van der Waals surface area contributed by atoms with Gasteiger partial charge in [0.2, 0.25) is 0 Å². The molecule has 0 bridgehead atoms. The Morgan fingerprint density at radius 1 is 1.13 bits per heavy atom. The van der Waals surface area contributed by atoms with E-state index in [4.69, 9.17) is 0 Å². The second kappa shape index (κ2) is 6.36. The molecule has 2 N–H and O–H groups in total. The summed E-state index contributed by atoms with van der Waals surface area (Å²) in [6.45, 7) is 2.30. The smallest absolute Gasteiger partial charge is 0.321 e. The number of H-pyrrole nitrogens is 1. The van der Waals surface area contributed by atoms with Gasteiger partial charge in [-0.1, -0.05) is 42.5 Å². The standard InChI is InChI=1S/C18H17N3O2/c1-13-6-5-9-15(10-13)20-17(22)16-11-19-18(23)21(16)12-14-7-3-2-4-8-14/h2-11H,12H2,1H3,(H,19,23)(H,20,22). The number of nitrogens with zero attached hydrogens (tertiary/aromatic N) is 1. The van der Waals surface area contributed by atoms with Crippen molar-refractivity contribution >= 4 is 11.6 Å². The number of rotatable bonds is 4. The van der Waals surface area contributed by atoms with Crippen LogP contribution in [0.5, 0.6) is 0 Å². The first-order valence-electron chi connectivity index (χ1n) is 7.33. The Morgan fingerprint density at radius 2 is 1.91 bits per heavy atom. The lowest BCUT2D eigenvalue weighted by molar-refractivity contribution is 0.101. The number of aromatic amines is 1. The summed E-state index contributed by atoms with van der Waals surface area (Å²) in [5, 5.41) is 2.82. The Balaban J connectivity index is 1.85. The molecule has 0 saturated carbocycles. The molecule has 3 rings (SSSR count). The van der Waals surface area contributed by atoms with Crippen LogP contribution in [0, 0.1) is 6.92 Å². The molecule has 0 spiro atoms. The maximum Gasteiger partial charge on any atom is 0.326 e. The number of nitrogens with one attached hydrogen (secondary N) is 2. The fourth-order valence-corrected chi connectivity index (χ4v) is 2.42. The van der Waals surface area contributed by atoms with Crippen LogP contribution in [0.3, 0.4) is 0 Å². The summed E-state index contributed by atoms with van der Waals surface area (Å²) < 4.78 is 1.43. The van der Waals surface area contributed by atoms with Gasteiger partial charge in [-0.25, -0.2) is 4.79 Å². The Morgan fingerprint density at radius 3 is 2.65 bits per heavy atom. The lowest BCUT2D eigenvalue weighted by Gasteiger charge is -2.09. The van der Waals surface area contributed by atoms with Gasteiger partial charge in [0, 0.05) is 11.9 Å². The van der Waals surface area contributed by atoms with Gasteiger partial charge < -0.3 is 10.3 Å². The van der Waals surface area contributed by atoms with Crippen LogP contribution in [0.2, 0.25) is 0 Å². The van der Waals surface area contributed by atoms with Gasteiger partial charge in [0.25, 0.3) is 5.91 Å². The van der Waals surface area contributed by atoms with Crippen LogP contribution >= 0.6 is 0 Å². The predicted molar refractivity (Wildman–Crippen MR) is 89.7 cm³/mol. The molecule has 0 fully saturated rings. The summed E-state index contributed by atoms with van der Waals surface area (Å²) in [7, 11) is 0. The molecular weight excluding hydrogens is 290 g/mol. The van der Waals surface area contributed by atoms with Gasteiger partial charge in [-0.2, -0.15) is 0 Å². The molecule has 116 valence electrons. The van der Waals surface area contributed by atoms with E-state index in [2.05, 4.69) is 10.3 Å². The first-order valence-corrected chi connectivity index (χ1v) is 7.33. The highest BCUT2D eigenvalue weighted by Crippen LogP contribution is 2.11. The summed E-state index contributed by atoms with van der Waals surface area (Å²) in [5.74, 6) is -0.315. The van der Waals surface area contributed by atoms with Gasteiger partial charge in [0.1, 0.15) is 5.69 Å². The zero-order valence-electron chi connectivity index (χ0n) is 12.7. The van der Waals surface area contributed by atoms with Crippen molar-refractivity contribution in [1.82, 2.24) is 9.55 Å². The van der Waals surface area contributed by atoms with Gasteiger partial charge in [-0.15, -0.1) is 0 Å². The van der Waals surface area contributed by atoms with E-state index < -0.39 is 0 Å². The van der Waals surface area contributed by atoms with Gasteiger partial charge >= 0.3 is 5.69 Å². The molecule has 2 aromatic carbocycles. The average molecular weight is 307 g/mol. The number of benzene rings is 2. The normalized spacial score (nSPS) is 10.5. The van der Waals surface area contributed by atoms with Crippen molar-refractivity contribution in [1.29, 1.82) is 0 Å². The van der Waals surface area contributed by atoms with Gasteiger partial charge in [0.15, 0.2) is 0 Å². The topological polar surface area (TPSA) is 66.9 Å². The number of aromatic nitrogens is 2. The van der Waals surface area contributed by atoms with E-state index in [1.54, 1.807) is 0 Å². The molecule has 0 atom stereocenters. The van der Waals surface area contributed by atoms with Crippen LogP contribution in [0.25, 0.3) is 0 Å². The Labute approximate surface area is 133 Å². The quantitative estimate of drug-likeness (QED) is 0.778. The fourth-order valence-electron chi connectivity index (χ4n) is 2.42. The van der Waals surface area contributed by atoms with Crippen molar-refractivity contribution in [3.8, 4) is 0 Å². The lowest BCUT2D eigenvalue weighted by atomic mass is 10.2. The third-order valence-corrected chi connectivity index (χ3v) is 3.56. The number of imidazole rings is 1. The molecule has 5 nitrogen and oxygen atoms in total. The van der Waals surface area contributed by atoms with Gasteiger partial charge in [-0.3, -0.25) is 9.36 Å². The molecule has 1 amide bonds. The molecule has 0 aliphatic carbocycles. The monoisotopic (exact) mass is 307 g/mol. The molecule has 1 aromatic heterocycles. The number of hydrogen-bond acceptors (Lipinski definition) is 2. The first-order chi connectivity index (χ1) is 11.1. The predicted octanol–water partition coefficient (Wildman–Crippen LogP) is 2.79. The minimum atomic E-state index is -0.315. The molecule has 1 heterocycles. The largest absolute Gasteiger partial charge is 0.326 e. The summed E-state index contributed by atoms with van der Waals surface area (Å²) in [6, 6.07) is 17.1. The number of hydrogen-bond donors (Lipinski definition) is 2. The summed E-state index contributed by atoms with van der Waals surface area (Å²) in [5.41, 5.74) is 2.72. The van der Waals surface area contributed by atoms with Crippen LogP contribution in [0.1, 0.15) is 21.6 Å². The molecular formula is C18H17N3O2. The van der Waals surface area contributed by atoms with E-state index >= 15 is 0 Å². The van der Waals surface area contributed by atoms with Crippen LogP contribution < -0.4 is 11.0 Å². The highest BCUT2D eigenvalue weighted by Gasteiger charge is 2.15. The Kier molecular flexibility index (Phi) is 4.10. The van der Waals surface area contributed by atoms with E-state index in [1.807, 2.05) is 61.5 Å². The maximum atomic E-state index is 12.5. The minimum Gasteiger partial charge on any atom is -0.321 e.